The van der Waals surface area contributed by atoms with Gasteiger partial charge < -0.3 is 14.7 Å². The molecular formula is C18H16FN5O2. The molecule has 2 aromatic heterocycles. The highest BCUT2D eigenvalue weighted by Gasteiger charge is 2.35. The van der Waals surface area contributed by atoms with E-state index >= 15 is 0 Å². The summed E-state index contributed by atoms with van der Waals surface area (Å²) in [6, 6.07) is 9.53. The molecule has 4 rings (SSSR count). The van der Waals surface area contributed by atoms with Crippen LogP contribution in [0.1, 0.15) is 17.4 Å². The van der Waals surface area contributed by atoms with Gasteiger partial charge in [-0.2, -0.15) is 4.98 Å². The average molecular weight is 353 g/mol. The zero-order valence-corrected chi connectivity index (χ0v) is 13.8. The van der Waals surface area contributed by atoms with Gasteiger partial charge in [-0.25, -0.2) is 9.18 Å². The monoisotopic (exact) mass is 353 g/mol. The van der Waals surface area contributed by atoms with Crippen LogP contribution in [-0.2, 0) is 6.54 Å². The SMILES string of the molecule is O=C(NCc1ccc(F)cc1)N1CC(c2nc(-c3cccnc3)no2)C1. The van der Waals surface area contributed by atoms with Gasteiger partial charge in [-0.05, 0) is 29.8 Å². The Morgan fingerprint density at radius 3 is 2.81 bits per heavy atom. The second-order valence-electron chi connectivity index (χ2n) is 6.09. The Labute approximate surface area is 148 Å². The minimum atomic E-state index is -0.295. The van der Waals surface area contributed by atoms with E-state index in [1.807, 2.05) is 12.1 Å². The maximum Gasteiger partial charge on any atom is 0.317 e. The number of likely N-dealkylation sites (tertiary alicyclic amines) is 1. The summed E-state index contributed by atoms with van der Waals surface area (Å²) in [6.45, 7) is 1.39. The van der Waals surface area contributed by atoms with E-state index in [-0.39, 0.29) is 17.8 Å². The number of amides is 2. The maximum absolute atomic E-state index is 12.9. The first-order valence-corrected chi connectivity index (χ1v) is 8.20. The average Bonchev–Trinajstić information content (AvgIpc) is 3.10. The summed E-state index contributed by atoms with van der Waals surface area (Å²) < 4.78 is 18.2. The quantitative estimate of drug-likeness (QED) is 0.779. The van der Waals surface area contributed by atoms with Crippen LogP contribution in [0.15, 0.2) is 53.3 Å². The van der Waals surface area contributed by atoms with Crippen molar-refractivity contribution in [1.82, 2.24) is 25.3 Å². The number of nitrogens with zero attached hydrogens (tertiary/aromatic N) is 4. The van der Waals surface area contributed by atoms with Gasteiger partial charge >= 0.3 is 6.03 Å². The molecule has 8 heteroatoms. The second-order valence-corrected chi connectivity index (χ2v) is 6.09. The molecule has 132 valence electrons. The Morgan fingerprint density at radius 2 is 2.08 bits per heavy atom. The van der Waals surface area contributed by atoms with Gasteiger partial charge in [-0.3, -0.25) is 4.98 Å². The van der Waals surface area contributed by atoms with Crippen LogP contribution < -0.4 is 5.32 Å². The molecule has 0 atom stereocenters. The summed E-state index contributed by atoms with van der Waals surface area (Å²) in [7, 11) is 0. The van der Waals surface area contributed by atoms with E-state index in [2.05, 4.69) is 20.4 Å². The lowest BCUT2D eigenvalue weighted by Gasteiger charge is -2.36. The largest absolute Gasteiger partial charge is 0.339 e. The molecule has 1 N–H and O–H groups in total. The summed E-state index contributed by atoms with van der Waals surface area (Å²) in [4.78, 5) is 22.2. The van der Waals surface area contributed by atoms with Crippen LogP contribution in [0.25, 0.3) is 11.4 Å². The smallest absolute Gasteiger partial charge is 0.317 e. The second kappa shape index (κ2) is 6.91. The van der Waals surface area contributed by atoms with Crippen LogP contribution in [0, 0.1) is 5.82 Å². The van der Waals surface area contributed by atoms with Crippen LogP contribution in [0.5, 0.6) is 0 Å². The number of carbonyl (C=O) groups excluding carboxylic acids is 1. The molecule has 0 radical (unpaired) electrons. The van der Waals surface area contributed by atoms with Gasteiger partial charge in [0.25, 0.3) is 0 Å². The number of carbonyl (C=O) groups is 1. The fourth-order valence-corrected chi connectivity index (χ4v) is 2.71. The molecule has 2 amide bonds. The third-order valence-electron chi connectivity index (χ3n) is 4.24. The number of benzene rings is 1. The highest BCUT2D eigenvalue weighted by Crippen LogP contribution is 2.27. The van der Waals surface area contributed by atoms with E-state index in [4.69, 9.17) is 4.52 Å². The van der Waals surface area contributed by atoms with E-state index < -0.39 is 0 Å². The van der Waals surface area contributed by atoms with Crippen molar-refractivity contribution >= 4 is 6.03 Å². The molecule has 1 saturated heterocycles. The molecule has 1 fully saturated rings. The Morgan fingerprint density at radius 1 is 1.27 bits per heavy atom. The summed E-state index contributed by atoms with van der Waals surface area (Å²) in [6.07, 6.45) is 3.35. The highest BCUT2D eigenvalue weighted by molar-refractivity contribution is 5.75. The number of hydrogen-bond acceptors (Lipinski definition) is 5. The molecule has 0 spiro atoms. The van der Waals surface area contributed by atoms with Crippen molar-refractivity contribution in [2.24, 2.45) is 0 Å². The summed E-state index contributed by atoms with van der Waals surface area (Å²) in [5, 5.41) is 6.78. The number of urea groups is 1. The van der Waals surface area contributed by atoms with Crippen molar-refractivity contribution in [1.29, 1.82) is 0 Å². The van der Waals surface area contributed by atoms with Gasteiger partial charge in [0.05, 0.1) is 5.92 Å². The van der Waals surface area contributed by atoms with E-state index in [9.17, 15) is 9.18 Å². The molecule has 7 nitrogen and oxygen atoms in total. The van der Waals surface area contributed by atoms with Crippen LogP contribution >= 0.6 is 0 Å². The normalized spacial score (nSPS) is 14.1. The van der Waals surface area contributed by atoms with Gasteiger partial charge in [0, 0.05) is 37.6 Å². The first-order chi connectivity index (χ1) is 12.7. The topological polar surface area (TPSA) is 84.2 Å². The highest BCUT2D eigenvalue weighted by atomic mass is 19.1. The van der Waals surface area contributed by atoms with E-state index in [0.29, 0.717) is 31.3 Å². The number of rotatable bonds is 4. The maximum atomic E-state index is 12.9. The molecule has 26 heavy (non-hydrogen) atoms. The summed E-state index contributed by atoms with van der Waals surface area (Å²) in [5.74, 6) is 0.749. The fraction of sp³-hybridized carbons (Fsp3) is 0.222. The molecule has 3 heterocycles. The number of halogens is 1. The van der Waals surface area contributed by atoms with Gasteiger partial charge in [0.15, 0.2) is 0 Å². The molecule has 1 aliphatic heterocycles. The number of nitrogens with one attached hydrogen (secondary N) is 1. The summed E-state index contributed by atoms with van der Waals surface area (Å²) >= 11 is 0. The fourth-order valence-electron chi connectivity index (χ4n) is 2.71. The minimum absolute atomic E-state index is 0.0319. The molecule has 1 aliphatic rings. The molecule has 0 saturated carbocycles. The number of hydrogen-bond donors (Lipinski definition) is 1. The van der Waals surface area contributed by atoms with Gasteiger partial charge in [0.2, 0.25) is 11.7 Å². The van der Waals surface area contributed by atoms with E-state index in [1.54, 1.807) is 29.4 Å². The predicted octanol–water partition coefficient (Wildman–Crippen LogP) is 2.58. The third kappa shape index (κ3) is 3.39. The van der Waals surface area contributed by atoms with Crippen molar-refractivity contribution in [2.75, 3.05) is 13.1 Å². The lowest BCUT2D eigenvalue weighted by Crippen LogP contribution is -2.52. The zero-order chi connectivity index (χ0) is 17.9. The van der Waals surface area contributed by atoms with E-state index in [1.165, 1.54) is 12.1 Å². The van der Waals surface area contributed by atoms with Crippen LogP contribution in [0.4, 0.5) is 9.18 Å². The number of pyridine rings is 1. The molecular weight excluding hydrogens is 337 g/mol. The minimum Gasteiger partial charge on any atom is -0.339 e. The van der Waals surface area contributed by atoms with Crippen molar-refractivity contribution < 1.29 is 13.7 Å². The van der Waals surface area contributed by atoms with Crippen molar-refractivity contribution in [2.45, 2.75) is 12.5 Å². The van der Waals surface area contributed by atoms with Crippen LogP contribution in [-0.4, -0.2) is 39.1 Å². The lowest BCUT2D eigenvalue weighted by atomic mass is 10.0. The van der Waals surface area contributed by atoms with Crippen LogP contribution in [0.3, 0.4) is 0 Å². The van der Waals surface area contributed by atoms with Gasteiger partial charge in [-0.1, -0.05) is 17.3 Å². The van der Waals surface area contributed by atoms with Crippen molar-refractivity contribution in [3.05, 3.63) is 66.1 Å². The van der Waals surface area contributed by atoms with Crippen LogP contribution in [0.2, 0.25) is 0 Å². The summed E-state index contributed by atoms with van der Waals surface area (Å²) in [5.41, 5.74) is 1.63. The predicted molar refractivity (Wildman–Crippen MR) is 90.5 cm³/mol. The molecule has 3 aromatic rings. The standard InChI is InChI=1S/C18H16FN5O2/c19-15-5-3-12(4-6-15)8-21-18(25)24-10-14(11-24)17-22-16(23-26-17)13-2-1-7-20-9-13/h1-7,9,14H,8,10-11H2,(H,21,25). The molecule has 0 unspecified atom stereocenters. The van der Waals surface area contributed by atoms with E-state index in [0.717, 1.165) is 11.1 Å². The van der Waals surface area contributed by atoms with Crippen molar-refractivity contribution in [3.8, 4) is 11.4 Å². The first-order valence-electron chi connectivity index (χ1n) is 8.20. The Kier molecular flexibility index (Phi) is 4.30. The Hall–Kier alpha value is -3.29. The zero-order valence-electron chi connectivity index (χ0n) is 13.8. The number of aromatic nitrogens is 3. The van der Waals surface area contributed by atoms with Gasteiger partial charge in [0.1, 0.15) is 5.82 Å². The lowest BCUT2D eigenvalue weighted by molar-refractivity contribution is 0.136. The van der Waals surface area contributed by atoms with Gasteiger partial charge in [-0.15, -0.1) is 0 Å². The molecule has 0 bridgehead atoms. The Balaban J connectivity index is 1.29. The molecule has 0 aliphatic carbocycles. The molecule has 1 aromatic carbocycles. The third-order valence-corrected chi connectivity index (χ3v) is 4.24. The first kappa shape index (κ1) is 16.2. The Bertz CT molecular complexity index is 891. The van der Waals surface area contributed by atoms with Crippen molar-refractivity contribution in [3.63, 3.8) is 0 Å².